The molecule has 4 rings (SSSR count). The Labute approximate surface area is 173 Å². The lowest BCUT2D eigenvalue weighted by molar-refractivity contribution is 0.0676. The van der Waals surface area contributed by atoms with Crippen LogP contribution in [0.5, 0.6) is 11.5 Å². The van der Waals surface area contributed by atoms with Crippen LogP contribution in [-0.2, 0) is 0 Å². The van der Waals surface area contributed by atoms with Crippen molar-refractivity contribution >= 4 is 5.91 Å². The van der Waals surface area contributed by atoms with Gasteiger partial charge in [0, 0.05) is 30.4 Å². The Kier molecular flexibility index (Phi) is 5.52. The Morgan fingerprint density at radius 1 is 1.03 bits per heavy atom. The molecule has 1 amide bonds. The number of rotatable bonds is 4. The van der Waals surface area contributed by atoms with Crippen molar-refractivity contribution in [1.29, 1.82) is 0 Å². The predicted octanol–water partition coefficient (Wildman–Crippen LogP) is 3.11. The fraction of sp³-hybridized carbons (Fsp3) is 0.261. The Morgan fingerprint density at radius 3 is 2.47 bits per heavy atom. The number of ether oxygens (including phenoxy) is 1. The molecule has 1 saturated heterocycles. The highest BCUT2D eigenvalue weighted by molar-refractivity contribution is 5.94. The Hall–Kier alpha value is -3.61. The van der Waals surface area contributed by atoms with Crippen molar-refractivity contribution in [2.45, 2.75) is 25.8 Å². The third-order valence-corrected chi connectivity index (χ3v) is 5.30. The lowest BCUT2D eigenvalue weighted by Gasteiger charge is -2.33. The fourth-order valence-corrected chi connectivity index (χ4v) is 3.70. The van der Waals surface area contributed by atoms with E-state index in [1.54, 1.807) is 42.3 Å². The summed E-state index contributed by atoms with van der Waals surface area (Å²) in [7, 11) is 0. The number of carbonyl (C=O) groups is 1. The van der Waals surface area contributed by atoms with E-state index in [2.05, 4.69) is 4.98 Å². The second kappa shape index (κ2) is 8.41. The molecule has 1 atom stereocenters. The summed E-state index contributed by atoms with van der Waals surface area (Å²) in [4.78, 5) is 40.9. The summed E-state index contributed by atoms with van der Waals surface area (Å²) in [6.07, 6.45) is 3.14. The van der Waals surface area contributed by atoms with E-state index in [0.717, 1.165) is 18.6 Å². The van der Waals surface area contributed by atoms with Gasteiger partial charge in [-0.3, -0.25) is 19.1 Å². The minimum absolute atomic E-state index is 0.0832. The van der Waals surface area contributed by atoms with E-state index in [0.29, 0.717) is 30.0 Å². The van der Waals surface area contributed by atoms with Gasteiger partial charge >= 0.3 is 5.69 Å². The minimum Gasteiger partial charge on any atom is -0.457 e. The monoisotopic (exact) mass is 405 g/mol. The second-order valence-corrected chi connectivity index (χ2v) is 7.47. The summed E-state index contributed by atoms with van der Waals surface area (Å²) in [5.74, 6) is 1.31. The van der Waals surface area contributed by atoms with E-state index in [4.69, 9.17) is 4.74 Å². The van der Waals surface area contributed by atoms with Crippen LogP contribution in [0.1, 0.15) is 34.8 Å². The lowest BCUT2D eigenvalue weighted by Crippen LogP contribution is -2.44. The molecular formula is C23H23N3O4. The number of aromatic nitrogens is 2. The number of nitrogens with zero attached hydrogens (tertiary/aromatic N) is 2. The number of nitrogens with one attached hydrogen (secondary N) is 1. The minimum atomic E-state index is -0.438. The largest absolute Gasteiger partial charge is 0.457 e. The van der Waals surface area contributed by atoms with Crippen LogP contribution >= 0.6 is 0 Å². The number of piperidine rings is 1. The summed E-state index contributed by atoms with van der Waals surface area (Å²) in [5, 5.41) is 0. The zero-order chi connectivity index (χ0) is 21.1. The number of likely N-dealkylation sites (tertiary alicyclic amines) is 1. The van der Waals surface area contributed by atoms with Gasteiger partial charge in [-0.1, -0.05) is 18.2 Å². The number of aromatic amines is 1. The molecule has 7 heteroatoms. The summed E-state index contributed by atoms with van der Waals surface area (Å²) in [5.41, 5.74) is 0.234. The summed E-state index contributed by atoms with van der Waals surface area (Å²) in [6.45, 7) is 2.72. The highest BCUT2D eigenvalue weighted by Crippen LogP contribution is 2.24. The van der Waals surface area contributed by atoms with Gasteiger partial charge in [-0.05, 0) is 56.2 Å². The van der Waals surface area contributed by atoms with Gasteiger partial charge in [-0.15, -0.1) is 0 Å². The number of carbonyl (C=O) groups excluding carboxylic acids is 1. The molecule has 2 aromatic carbocycles. The van der Waals surface area contributed by atoms with Gasteiger partial charge in [0.1, 0.15) is 11.5 Å². The average molecular weight is 405 g/mol. The molecule has 3 aromatic rings. The Balaban J connectivity index is 1.47. The molecule has 0 saturated carbocycles. The van der Waals surface area contributed by atoms with E-state index >= 15 is 0 Å². The van der Waals surface area contributed by atoms with Crippen molar-refractivity contribution in [3.05, 3.63) is 92.8 Å². The first-order valence-electron chi connectivity index (χ1n) is 9.95. The van der Waals surface area contributed by atoms with Gasteiger partial charge in [-0.25, -0.2) is 4.79 Å². The van der Waals surface area contributed by atoms with Crippen LogP contribution in [0.2, 0.25) is 0 Å². The van der Waals surface area contributed by atoms with E-state index in [1.165, 1.54) is 4.57 Å². The maximum Gasteiger partial charge on any atom is 0.328 e. The molecule has 0 spiro atoms. The first-order valence-corrected chi connectivity index (χ1v) is 9.95. The van der Waals surface area contributed by atoms with Crippen molar-refractivity contribution in [3.63, 3.8) is 0 Å². The van der Waals surface area contributed by atoms with Crippen molar-refractivity contribution in [3.8, 4) is 11.5 Å². The van der Waals surface area contributed by atoms with Gasteiger partial charge in [0.2, 0.25) is 0 Å². The molecule has 2 heterocycles. The van der Waals surface area contributed by atoms with Crippen LogP contribution < -0.4 is 16.0 Å². The summed E-state index contributed by atoms with van der Waals surface area (Å²) >= 11 is 0. The maximum atomic E-state index is 13.0. The highest BCUT2D eigenvalue weighted by Gasteiger charge is 2.26. The average Bonchev–Trinajstić information content (AvgIpc) is 2.77. The molecule has 0 radical (unpaired) electrons. The molecule has 1 aromatic heterocycles. The number of para-hydroxylation sites is 1. The first kappa shape index (κ1) is 19.7. The molecule has 154 valence electrons. The normalized spacial score (nSPS) is 16.3. The van der Waals surface area contributed by atoms with Gasteiger partial charge < -0.3 is 9.64 Å². The lowest BCUT2D eigenvalue weighted by atomic mass is 10.0. The van der Waals surface area contributed by atoms with Gasteiger partial charge in [-0.2, -0.15) is 0 Å². The fourth-order valence-electron chi connectivity index (χ4n) is 3.70. The van der Waals surface area contributed by atoms with E-state index in [1.807, 2.05) is 30.3 Å². The number of amides is 1. The zero-order valence-electron chi connectivity index (χ0n) is 16.7. The first-order chi connectivity index (χ1) is 14.5. The van der Waals surface area contributed by atoms with Crippen molar-refractivity contribution in [2.24, 2.45) is 0 Å². The maximum absolute atomic E-state index is 13.0. The zero-order valence-corrected chi connectivity index (χ0v) is 16.7. The van der Waals surface area contributed by atoms with Gasteiger partial charge in [0.15, 0.2) is 0 Å². The summed E-state index contributed by atoms with van der Waals surface area (Å²) < 4.78 is 7.31. The van der Waals surface area contributed by atoms with Crippen molar-refractivity contribution in [1.82, 2.24) is 14.5 Å². The van der Waals surface area contributed by atoms with E-state index < -0.39 is 5.69 Å². The predicted molar refractivity (Wildman–Crippen MR) is 113 cm³/mol. The Bertz CT molecular complexity index is 1150. The topological polar surface area (TPSA) is 84.4 Å². The molecular weight excluding hydrogens is 382 g/mol. The molecule has 1 aliphatic heterocycles. The molecule has 1 aliphatic rings. The molecule has 7 nitrogen and oxygen atoms in total. The standard InChI is InChI=1S/C23H23N3O4/c1-16-14-26(23(29)24-21(16)27)18-6-5-13-25(15-18)22(28)17-9-11-20(12-10-17)30-19-7-3-2-4-8-19/h2-4,7-12,14,18H,5-6,13,15H2,1H3,(H,24,27,29). The van der Waals surface area contributed by atoms with Crippen molar-refractivity contribution < 1.29 is 9.53 Å². The molecule has 1 unspecified atom stereocenters. The van der Waals surface area contributed by atoms with Gasteiger partial charge in [0.05, 0.1) is 6.04 Å². The highest BCUT2D eigenvalue weighted by atomic mass is 16.5. The van der Waals surface area contributed by atoms with E-state index in [9.17, 15) is 14.4 Å². The van der Waals surface area contributed by atoms with Crippen LogP contribution in [0.3, 0.4) is 0 Å². The van der Waals surface area contributed by atoms with Crippen LogP contribution in [0.15, 0.2) is 70.4 Å². The third-order valence-electron chi connectivity index (χ3n) is 5.30. The van der Waals surface area contributed by atoms with Crippen LogP contribution in [-0.4, -0.2) is 33.4 Å². The summed E-state index contributed by atoms with van der Waals surface area (Å²) in [6, 6.07) is 16.3. The van der Waals surface area contributed by atoms with Crippen LogP contribution in [0.25, 0.3) is 0 Å². The SMILES string of the molecule is Cc1cn(C2CCCN(C(=O)c3ccc(Oc4ccccc4)cc3)C2)c(=O)[nH]c1=O. The van der Waals surface area contributed by atoms with E-state index in [-0.39, 0.29) is 17.5 Å². The van der Waals surface area contributed by atoms with Crippen molar-refractivity contribution in [2.75, 3.05) is 13.1 Å². The molecule has 1 fully saturated rings. The van der Waals surface area contributed by atoms with Crippen LogP contribution in [0, 0.1) is 6.92 Å². The number of hydrogen-bond donors (Lipinski definition) is 1. The van der Waals surface area contributed by atoms with Gasteiger partial charge in [0.25, 0.3) is 11.5 Å². The number of hydrogen-bond acceptors (Lipinski definition) is 4. The molecule has 1 N–H and O–H groups in total. The number of benzene rings is 2. The quantitative estimate of drug-likeness (QED) is 0.723. The Morgan fingerprint density at radius 2 is 1.73 bits per heavy atom. The second-order valence-electron chi connectivity index (χ2n) is 7.47. The third kappa shape index (κ3) is 4.20. The molecule has 30 heavy (non-hydrogen) atoms. The molecule has 0 aliphatic carbocycles. The number of aryl methyl sites for hydroxylation is 1. The molecule has 0 bridgehead atoms. The smallest absolute Gasteiger partial charge is 0.328 e. The van der Waals surface area contributed by atoms with Crippen LogP contribution in [0.4, 0.5) is 0 Å². The number of H-pyrrole nitrogens is 1.